The monoisotopic (exact) mass is 766 g/mol. The highest BCUT2D eigenvalue weighted by Crippen LogP contribution is 2.38. The van der Waals surface area contributed by atoms with Crippen molar-refractivity contribution in [1.29, 1.82) is 0 Å². The first-order chi connectivity index (χ1) is 20.6. The average molecular weight is 766 g/mol. The van der Waals surface area contributed by atoms with Crippen LogP contribution in [0.2, 0.25) is 0 Å². The largest absolute Gasteiger partial charge is 0.324 e. The summed E-state index contributed by atoms with van der Waals surface area (Å²) in [6.45, 7) is 0. The summed E-state index contributed by atoms with van der Waals surface area (Å²) >= 11 is 4.63. The minimum absolute atomic E-state index is 0.602. The van der Waals surface area contributed by atoms with Crippen LogP contribution in [0.25, 0.3) is 89.7 Å². The molecule has 0 saturated heterocycles. The Kier molecular flexibility index (Phi) is 5.27. The van der Waals surface area contributed by atoms with E-state index in [-0.39, 0.29) is 0 Å². The van der Waals surface area contributed by atoms with Gasteiger partial charge in [-0.2, -0.15) is 0 Å². The lowest BCUT2D eigenvalue weighted by molar-refractivity contribution is 1.18. The van der Waals surface area contributed by atoms with Crippen molar-refractivity contribution in [2.24, 2.45) is 0 Å². The third-order valence-electron chi connectivity index (χ3n) is 7.62. The molecule has 9 rings (SSSR count). The number of nitrogens with zero attached hydrogens (tertiary/aromatic N) is 7. The highest BCUT2D eigenvalue weighted by molar-refractivity contribution is 14.1. The minimum Gasteiger partial charge on any atom is -0.324 e. The van der Waals surface area contributed by atoms with Crippen molar-refractivity contribution >= 4 is 89.6 Å². The maximum absolute atomic E-state index is 5.14. The van der Waals surface area contributed by atoms with Gasteiger partial charge in [0.05, 0.1) is 22.9 Å². The first kappa shape index (κ1) is 24.3. The molecule has 10 heteroatoms. The van der Waals surface area contributed by atoms with Crippen LogP contribution in [0.4, 0.5) is 0 Å². The van der Waals surface area contributed by atoms with Crippen LogP contribution in [0.15, 0.2) is 91.0 Å². The SMILES string of the molecule is Ic1cccc2c3nc4nc(nc5c6ccccc6c(nc6nc(nc([nH]3)c12)-c1ccccc1-6)n5I)-c1ccccc1-4. The summed E-state index contributed by atoms with van der Waals surface area (Å²) in [5, 5.41) is 3.92. The molecule has 0 atom stereocenters. The molecule has 0 spiro atoms. The van der Waals surface area contributed by atoms with E-state index in [1.165, 1.54) is 0 Å². The molecule has 3 aromatic heterocycles. The van der Waals surface area contributed by atoms with E-state index in [2.05, 4.69) is 74.7 Å². The Morgan fingerprint density at radius 3 is 1.48 bits per heavy atom. The molecule has 0 radical (unpaired) electrons. The molecule has 0 amide bonds. The average Bonchev–Trinajstić information content (AvgIpc) is 3.72. The lowest BCUT2D eigenvalue weighted by Crippen LogP contribution is -1.87. The fourth-order valence-corrected chi connectivity index (χ4v) is 7.20. The lowest BCUT2D eigenvalue weighted by Gasteiger charge is -1.98. The van der Waals surface area contributed by atoms with Gasteiger partial charge in [0.15, 0.2) is 34.6 Å². The third-order valence-corrected chi connectivity index (χ3v) is 9.44. The number of hydrogen-bond donors (Lipinski definition) is 1. The van der Waals surface area contributed by atoms with Crippen molar-refractivity contribution in [2.45, 2.75) is 0 Å². The predicted molar refractivity (Wildman–Crippen MR) is 182 cm³/mol. The standard InChI is InChI=1S/C32H16I2N8/c33-23-15-7-14-22-24(23)30-38-26-17-9-2-4-11-19(17)28(36-26)41-32-21-13-6-5-12-20(21)31(42(32)34)40-27-18-10-3-1-8-16(18)25(35-27)37-29(22)39-30/h1-15H,(H,35,36,37,38,39,40,41). The molecule has 198 valence electrons. The van der Waals surface area contributed by atoms with Crippen LogP contribution in [0, 0.1) is 3.57 Å². The number of halogens is 2. The Morgan fingerprint density at radius 2 is 0.929 bits per heavy atom. The van der Waals surface area contributed by atoms with Gasteiger partial charge in [-0.05, 0) is 28.7 Å². The summed E-state index contributed by atoms with van der Waals surface area (Å²) in [4.78, 5) is 33.9. The molecule has 1 N–H and O–H groups in total. The topological polar surface area (TPSA) is 98.1 Å². The maximum Gasteiger partial charge on any atom is 0.164 e. The predicted octanol–water partition coefficient (Wildman–Crippen LogP) is 8.15. The van der Waals surface area contributed by atoms with Crippen molar-refractivity contribution in [3.05, 3.63) is 94.6 Å². The van der Waals surface area contributed by atoms with E-state index in [4.69, 9.17) is 29.9 Å². The maximum atomic E-state index is 5.14. The number of aromatic nitrogens is 8. The van der Waals surface area contributed by atoms with Gasteiger partial charge in [-0.3, -0.25) is 0 Å². The molecule has 2 aliphatic rings. The normalized spacial score (nSPS) is 12.0. The number of aromatic amines is 1. The molecule has 42 heavy (non-hydrogen) atoms. The molecule has 8 bridgehead atoms. The second-order valence-corrected chi connectivity index (χ2v) is 12.1. The number of nitrogens with one attached hydrogen (secondary N) is 1. The minimum atomic E-state index is 0.602. The summed E-state index contributed by atoms with van der Waals surface area (Å²) in [6, 6.07) is 30.5. The molecule has 7 aromatic rings. The molecule has 4 aromatic carbocycles. The van der Waals surface area contributed by atoms with E-state index < -0.39 is 0 Å². The Balaban J connectivity index is 1.54. The van der Waals surface area contributed by atoms with Crippen molar-refractivity contribution in [1.82, 2.24) is 37.7 Å². The molecular weight excluding hydrogens is 750 g/mol. The van der Waals surface area contributed by atoms with Gasteiger partial charge in [0, 0.05) is 47.4 Å². The summed E-state index contributed by atoms with van der Waals surface area (Å²) < 4.78 is 3.06. The van der Waals surface area contributed by atoms with E-state index in [0.29, 0.717) is 34.6 Å². The van der Waals surface area contributed by atoms with Crippen molar-refractivity contribution in [2.75, 3.05) is 0 Å². The van der Waals surface area contributed by atoms with Crippen LogP contribution in [-0.4, -0.2) is 37.7 Å². The van der Waals surface area contributed by atoms with Crippen LogP contribution in [0.3, 0.4) is 0 Å². The fourth-order valence-electron chi connectivity index (χ4n) is 5.71. The smallest absolute Gasteiger partial charge is 0.164 e. The van der Waals surface area contributed by atoms with Gasteiger partial charge < -0.3 is 4.98 Å². The Hall–Kier alpha value is -4.30. The molecule has 8 nitrogen and oxygen atoms in total. The van der Waals surface area contributed by atoms with Crippen molar-refractivity contribution in [3.8, 4) is 45.6 Å². The number of rotatable bonds is 0. The zero-order valence-electron chi connectivity index (χ0n) is 21.5. The second kappa shape index (κ2) is 9.10. The fraction of sp³-hybridized carbons (Fsp3) is 0. The van der Waals surface area contributed by atoms with Crippen molar-refractivity contribution < 1.29 is 0 Å². The summed E-state index contributed by atoms with van der Waals surface area (Å²) in [5.41, 5.74) is 6.64. The van der Waals surface area contributed by atoms with Gasteiger partial charge >= 0.3 is 0 Å². The van der Waals surface area contributed by atoms with Gasteiger partial charge in [-0.25, -0.2) is 32.7 Å². The zero-order valence-corrected chi connectivity index (χ0v) is 25.9. The Labute approximate surface area is 265 Å². The summed E-state index contributed by atoms with van der Waals surface area (Å²) in [6.07, 6.45) is 0. The summed E-state index contributed by atoms with van der Waals surface area (Å²) in [7, 11) is 0. The molecule has 0 aliphatic carbocycles. The van der Waals surface area contributed by atoms with E-state index in [0.717, 1.165) is 58.7 Å². The van der Waals surface area contributed by atoms with Gasteiger partial charge in [-0.15, -0.1) is 0 Å². The van der Waals surface area contributed by atoms with Gasteiger partial charge in [-0.1, -0.05) is 84.9 Å². The first-order valence-corrected chi connectivity index (χ1v) is 15.3. The highest BCUT2D eigenvalue weighted by Gasteiger charge is 2.22. The molecule has 5 heterocycles. The molecule has 0 saturated carbocycles. The Bertz CT molecular complexity index is 2460. The second-order valence-electron chi connectivity index (χ2n) is 10.0. The molecule has 0 unspecified atom stereocenters. The number of H-pyrrole nitrogens is 1. The van der Waals surface area contributed by atoms with Crippen LogP contribution in [0.1, 0.15) is 0 Å². The quantitative estimate of drug-likeness (QED) is 0.157. The Morgan fingerprint density at radius 1 is 0.476 bits per heavy atom. The summed E-state index contributed by atoms with van der Waals surface area (Å²) in [5.74, 6) is 2.42. The highest BCUT2D eigenvalue weighted by atomic mass is 127. The van der Waals surface area contributed by atoms with E-state index in [1.807, 2.05) is 69.5 Å². The zero-order chi connectivity index (χ0) is 27.9. The molecule has 2 aliphatic heterocycles. The molecular formula is C32H16I2N8. The van der Waals surface area contributed by atoms with Crippen LogP contribution >= 0.6 is 45.5 Å². The third kappa shape index (κ3) is 3.51. The van der Waals surface area contributed by atoms with Crippen LogP contribution in [-0.2, 0) is 0 Å². The van der Waals surface area contributed by atoms with Gasteiger partial charge in [0.25, 0.3) is 0 Å². The lowest BCUT2D eigenvalue weighted by atomic mass is 10.1. The molecule has 0 fully saturated rings. The van der Waals surface area contributed by atoms with E-state index in [9.17, 15) is 0 Å². The number of hydrogen-bond acceptors (Lipinski definition) is 6. The number of benzene rings is 4. The van der Waals surface area contributed by atoms with E-state index >= 15 is 0 Å². The van der Waals surface area contributed by atoms with Crippen LogP contribution in [0.5, 0.6) is 0 Å². The van der Waals surface area contributed by atoms with Crippen molar-refractivity contribution in [3.63, 3.8) is 0 Å². The van der Waals surface area contributed by atoms with Gasteiger partial charge in [0.1, 0.15) is 11.3 Å². The first-order valence-electron chi connectivity index (χ1n) is 13.2. The number of fused-ring (bicyclic) bond motifs is 20. The van der Waals surface area contributed by atoms with Crippen LogP contribution < -0.4 is 0 Å². The van der Waals surface area contributed by atoms with Gasteiger partial charge in [0.2, 0.25) is 0 Å². The van der Waals surface area contributed by atoms with E-state index in [1.54, 1.807) is 0 Å².